The number of nitrogens with zero attached hydrogens (tertiary/aromatic N) is 1. The molecule has 2 N–H and O–H groups in total. The summed E-state index contributed by atoms with van der Waals surface area (Å²) < 4.78 is 13.4. The molecule has 3 amide bonds. The lowest BCUT2D eigenvalue weighted by molar-refractivity contribution is -0.117. The first-order valence-electron chi connectivity index (χ1n) is 8.66. The van der Waals surface area contributed by atoms with Gasteiger partial charge in [0.05, 0.1) is 6.04 Å². The van der Waals surface area contributed by atoms with Crippen LogP contribution in [-0.4, -0.2) is 24.5 Å². The molecule has 3 rings (SSSR count). The van der Waals surface area contributed by atoms with Gasteiger partial charge in [0, 0.05) is 24.3 Å². The molecule has 0 bridgehead atoms. The summed E-state index contributed by atoms with van der Waals surface area (Å²) in [5, 5.41) is 5.58. The van der Waals surface area contributed by atoms with Crippen molar-refractivity contribution in [2.24, 2.45) is 0 Å². The highest BCUT2D eigenvalue weighted by molar-refractivity contribution is 5.97. The standard InChI is InChI=1S/C20H22FN3O2/c1-13(2)14-6-8-16(9-7-14)22-20(26)23-17-11-19(25)24(12-17)18-5-3-4-15(21)10-18/h3-10,13,17H,11-12H2,1-2H3,(H2,22,23,26)/t17-/m0/s1. The Morgan fingerprint density at radius 1 is 1.19 bits per heavy atom. The molecule has 1 saturated heterocycles. The monoisotopic (exact) mass is 355 g/mol. The highest BCUT2D eigenvalue weighted by atomic mass is 19.1. The molecule has 1 fully saturated rings. The van der Waals surface area contributed by atoms with Gasteiger partial charge in [-0.05, 0) is 41.8 Å². The summed E-state index contributed by atoms with van der Waals surface area (Å²) in [5.74, 6) is -0.104. The molecule has 0 saturated carbocycles. The van der Waals surface area contributed by atoms with Crippen LogP contribution in [0.15, 0.2) is 48.5 Å². The van der Waals surface area contributed by atoms with Crippen molar-refractivity contribution in [1.29, 1.82) is 0 Å². The van der Waals surface area contributed by atoms with E-state index in [9.17, 15) is 14.0 Å². The molecule has 26 heavy (non-hydrogen) atoms. The minimum Gasteiger partial charge on any atom is -0.333 e. The van der Waals surface area contributed by atoms with Gasteiger partial charge in [-0.1, -0.05) is 32.0 Å². The fourth-order valence-electron chi connectivity index (χ4n) is 3.00. The second-order valence-electron chi connectivity index (χ2n) is 6.76. The Morgan fingerprint density at radius 2 is 1.92 bits per heavy atom. The molecule has 2 aromatic carbocycles. The van der Waals surface area contributed by atoms with Crippen LogP contribution < -0.4 is 15.5 Å². The van der Waals surface area contributed by atoms with Crippen LogP contribution in [0.2, 0.25) is 0 Å². The van der Waals surface area contributed by atoms with E-state index in [4.69, 9.17) is 0 Å². The number of nitrogens with one attached hydrogen (secondary N) is 2. The Bertz CT molecular complexity index is 805. The quantitative estimate of drug-likeness (QED) is 0.874. The lowest BCUT2D eigenvalue weighted by Crippen LogP contribution is -2.39. The molecule has 5 nitrogen and oxygen atoms in total. The third kappa shape index (κ3) is 4.20. The maximum atomic E-state index is 13.4. The number of hydrogen-bond acceptors (Lipinski definition) is 2. The molecule has 2 aromatic rings. The zero-order valence-electron chi connectivity index (χ0n) is 14.8. The molecular weight excluding hydrogens is 333 g/mol. The van der Waals surface area contributed by atoms with Gasteiger partial charge >= 0.3 is 6.03 Å². The second kappa shape index (κ2) is 7.56. The minimum atomic E-state index is -0.394. The van der Waals surface area contributed by atoms with Crippen LogP contribution in [0.5, 0.6) is 0 Å². The van der Waals surface area contributed by atoms with Crippen molar-refractivity contribution in [3.05, 3.63) is 59.9 Å². The normalized spacial score (nSPS) is 16.8. The molecule has 0 radical (unpaired) electrons. The van der Waals surface area contributed by atoms with E-state index in [0.29, 0.717) is 23.8 Å². The number of hydrogen-bond donors (Lipinski definition) is 2. The molecular formula is C20H22FN3O2. The number of carbonyl (C=O) groups is 2. The second-order valence-corrected chi connectivity index (χ2v) is 6.76. The van der Waals surface area contributed by atoms with Crippen molar-refractivity contribution in [2.75, 3.05) is 16.8 Å². The molecule has 136 valence electrons. The first-order chi connectivity index (χ1) is 12.4. The third-order valence-corrected chi connectivity index (χ3v) is 4.42. The van der Waals surface area contributed by atoms with Gasteiger partial charge in [0.15, 0.2) is 0 Å². The van der Waals surface area contributed by atoms with Gasteiger partial charge in [-0.3, -0.25) is 4.79 Å². The van der Waals surface area contributed by atoms with Gasteiger partial charge in [-0.25, -0.2) is 9.18 Å². The van der Waals surface area contributed by atoms with Crippen LogP contribution in [0.4, 0.5) is 20.6 Å². The predicted octanol–water partition coefficient (Wildman–Crippen LogP) is 3.88. The summed E-state index contributed by atoms with van der Waals surface area (Å²) in [5.41, 5.74) is 2.39. The number of anilines is 2. The number of amides is 3. The van der Waals surface area contributed by atoms with E-state index in [1.807, 2.05) is 24.3 Å². The molecule has 6 heteroatoms. The number of benzene rings is 2. The number of halogens is 1. The van der Waals surface area contributed by atoms with E-state index in [2.05, 4.69) is 24.5 Å². The average Bonchev–Trinajstić information content (AvgIpc) is 2.95. The SMILES string of the molecule is CC(C)c1ccc(NC(=O)N[C@H]2CC(=O)N(c3cccc(F)c3)C2)cc1. The fraction of sp³-hybridized carbons (Fsp3) is 0.300. The average molecular weight is 355 g/mol. The van der Waals surface area contributed by atoms with Gasteiger partial charge in [0.2, 0.25) is 5.91 Å². The highest BCUT2D eigenvalue weighted by Gasteiger charge is 2.31. The predicted molar refractivity (Wildman–Crippen MR) is 99.8 cm³/mol. The van der Waals surface area contributed by atoms with Crippen LogP contribution >= 0.6 is 0 Å². The van der Waals surface area contributed by atoms with Crippen LogP contribution in [0.1, 0.15) is 31.7 Å². The number of urea groups is 1. The topological polar surface area (TPSA) is 61.4 Å². The molecule has 0 aromatic heterocycles. The van der Waals surface area contributed by atoms with Gasteiger partial charge in [-0.2, -0.15) is 0 Å². The van der Waals surface area contributed by atoms with E-state index < -0.39 is 5.82 Å². The molecule has 1 atom stereocenters. The van der Waals surface area contributed by atoms with Crippen LogP contribution in [0.3, 0.4) is 0 Å². The van der Waals surface area contributed by atoms with Crippen LogP contribution in [0.25, 0.3) is 0 Å². The van der Waals surface area contributed by atoms with Crippen molar-refractivity contribution in [3.63, 3.8) is 0 Å². The minimum absolute atomic E-state index is 0.137. The summed E-state index contributed by atoms with van der Waals surface area (Å²) in [6.07, 6.45) is 0.191. The Morgan fingerprint density at radius 3 is 2.58 bits per heavy atom. The number of carbonyl (C=O) groups excluding carboxylic acids is 2. The Balaban J connectivity index is 1.57. The van der Waals surface area contributed by atoms with E-state index in [1.54, 1.807) is 12.1 Å². The smallest absolute Gasteiger partial charge is 0.319 e. The van der Waals surface area contributed by atoms with E-state index in [0.717, 1.165) is 0 Å². The zero-order chi connectivity index (χ0) is 18.7. The van der Waals surface area contributed by atoms with Crippen molar-refractivity contribution in [2.45, 2.75) is 32.2 Å². The largest absolute Gasteiger partial charge is 0.333 e. The molecule has 0 spiro atoms. The lowest BCUT2D eigenvalue weighted by atomic mass is 10.0. The Labute approximate surface area is 152 Å². The summed E-state index contributed by atoms with van der Waals surface area (Å²) in [4.78, 5) is 25.8. The Kier molecular flexibility index (Phi) is 5.21. The van der Waals surface area contributed by atoms with Crippen molar-refractivity contribution in [1.82, 2.24) is 5.32 Å². The van der Waals surface area contributed by atoms with E-state index in [1.165, 1.54) is 22.6 Å². The molecule has 1 aliphatic rings. The summed E-state index contributed by atoms with van der Waals surface area (Å²) in [6, 6.07) is 12.9. The Hall–Kier alpha value is -2.89. The first-order valence-corrected chi connectivity index (χ1v) is 8.66. The molecule has 1 aliphatic heterocycles. The number of rotatable bonds is 4. The summed E-state index contributed by atoms with van der Waals surface area (Å²) >= 11 is 0. The van der Waals surface area contributed by atoms with Crippen molar-refractivity contribution in [3.8, 4) is 0 Å². The zero-order valence-corrected chi connectivity index (χ0v) is 14.8. The van der Waals surface area contributed by atoms with Crippen LogP contribution in [-0.2, 0) is 4.79 Å². The summed E-state index contributed by atoms with van der Waals surface area (Å²) in [6.45, 7) is 4.54. The van der Waals surface area contributed by atoms with Gasteiger partial charge in [0.1, 0.15) is 5.82 Å². The third-order valence-electron chi connectivity index (χ3n) is 4.42. The molecule has 1 heterocycles. The van der Waals surface area contributed by atoms with Gasteiger partial charge in [0.25, 0.3) is 0 Å². The van der Waals surface area contributed by atoms with Crippen molar-refractivity contribution < 1.29 is 14.0 Å². The van der Waals surface area contributed by atoms with Crippen molar-refractivity contribution >= 4 is 23.3 Å². The fourth-order valence-corrected chi connectivity index (χ4v) is 3.00. The maximum Gasteiger partial charge on any atom is 0.319 e. The van der Waals surface area contributed by atoms with Crippen LogP contribution in [0, 0.1) is 5.82 Å². The summed E-state index contributed by atoms with van der Waals surface area (Å²) in [7, 11) is 0. The highest BCUT2D eigenvalue weighted by Crippen LogP contribution is 2.22. The van der Waals surface area contributed by atoms with Gasteiger partial charge in [-0.15, -0.1) is 0 Å². The molecule has 0 aliphatic carbocycles. The van der Waals surface area contributed by atoms with E-state index >= 15 is 0 Å². The lowest BCUT2D eigenvalue weighted by Gasteiger charge is -2.17. The maximum absolute atomic E-state index is 13.4. The molecule has 0 unspecified atom stereocenters. The first kappa shape index (κ1) is 17.9. The van der Waals surface area contributed by atoms with E-state index in [-0.39, 0.29) is 24.4 Å². The van der Waals surface area contributed by atoms with Gasteiger partial charge < -0.3 is 15.5 Å².